The van der Waals surface area contributed by atoms with E-state index in [2.05, 4.69) is 26.4 Å². The second kappa shape index (κ2) is 9.01. The molecule has 0 bridgehead atoms. The van der Waals surface area contributed by atoms with Crippen LogP contribution in [0.3, 0.4) is 0 Å². The third-order valence-electron chi connectivity index (χ3n) is 8.08. The van der Waals surface area contributed by atoms with Gasteiger partial charge >= 0.3 is 0 Å². The highest BCUT2D eigenvalue weighted by Gasteiger charge is 2.72. The lowest BCUT2D eigenvalue weighted by Crippen LogP contribution is -2.44. The Morgan fingerprint density at radius 1 is 1.17 bits per heavy atom. The summed E-state index contributed by atoms with van der Waals surface area (Å²) >= 11 is 6.44. The van der Waals surface area contributed by atoms with Crippen molar-refractivity contribution in [3.8, 4) is 11.3 Å². The molecule has 8 nitrogen and oxygen atoms in total. The van der Waals surface area contributed by atoms with Crippen molar-refractivity contribution in [1.82, 2.24) is 24.8 Å². The number of anilines is 1. The number of benzene rings is 1. The van der Waals surface area contributed by atoms with E-state index in [1.165, 1.54) is 11.2 Å². The summed E-state index contributed by atoms with van der Waals surface area (Å²) in [6.45, 7) is 6.12. The Morgan fingerprint density at radius 3 is 2.64 bits per heavy atom. The second-order valence-electron chi connectivity index (χ2n) is 10.6. The predicted molar refractivity (Wildman–Crippen MR) is 141 cm³/mol. The maximum Gasteiger partial charge on any atom is 0.233 e. The van der Waals surface area contributed by atoms with E-state index in [0.29, 0.717) is 11.1 Å². The smallest absolute Gasteiger partial charge is 0.233 e. The zero-order valence-electron chi connectivity index (χ0n) is 20.6. The highest BCUT2D eigenvalue weighted by molar-refractivity contribution is 6.31. The molecular formula is C26H30Cl2N6O2. The van der Waals surface area contributed by atoms with Crippen molar-refractivity contribution in [2.45, 2.75) is 39.3 Å². The maximum atomic E-state index is 12.8. The van der Waals surface area contributed by atoms with Crippen LogP contribution in [0, 0.1) is 17.3 Å². The minimum Gasteiger partial charge on any atom is -0.369 e. The van der Waals surface area contributed by atoms with Crippen molar-refractivity contribution in [3.05, 3.63) is 47.4 Å². The summed E-state index contributed by atoms with van der Waals surface area (Å²) in [7, 11) is 2.01. The summed E-state index contributed by atoms with van der Waals surface area (Å²) in [5.41, 5.74) is 4.27. The summed E-state index contributed by atoms with van der Waals surface area (Å²) in [5, 5.41) is 8.44. The van der Waals surface area contributed by atoms with E-state index in [9.17, 15) is 9.59 Å². The fourth-order valence-electron chi connectivity index (χ4n) is 6.02. The van der Waals surface area contributed by atoms with Crippen molar-refractivity contribution in [2.75, 3.05) is 25.0 Å². The molecule has 2 aromatic heterocycles. The first-order valence-electron chi connectivity index (χ1n) is 12.2. The zero-order valence-corrected chi connectivity index (χ0v) is 22.1. The van der Waals surface area contributed by atoms with E-state index in [4.69, 9.17) is 11.6 Å². The van der Waals surface area contributed by atoms with Gasteiger partial charge in [-0.15, -0.1) is 12.4 Å². The predicted octanol–water partition coefficient (Wildman–Crippen LogP) is 3.80. The van der Waals surface area contributed by atoms with E-state index >= 15 is 0 Å². The number of imide groups is 1. The molecule has 2 aliphatic heterocycles. The molecule has 1 aliphatic carbocycles. The van der Waals surface area contributed by atoms with Gasteiger partial charge in [-0.2, -0.15) is 5.10 Å². The third-order valence-corrected chi connectivity index (χ3v) is 8.31. The van der Waals surface area contributed by atoms with Crippen LogP contribution in [0.1, 0.15) is 32.3 Å². The van der Waals surface area contributed by atoms with Crippen LogP contribution < -0.4 is 10.2 Å². The number of carbonyl (C=O) groups is 2. The number of halogens is 2. The highest BCUT2D eigenvalue weighted by Crippen LogP contribution is 2.63. The van der Waals surface area contributed by atoms with Crippen LogP contribution in [-0.2, 0) is 16.1 Å². The number of hydrogen-bond acceptors (Lipinski definition) is 6. The summed E-state index contributed by atoms with van der Waals surface area (Å²) < 4.78 is 1.77. The molecule has 10 heteroatoms. The number of piperidine rings is 2. The van der Waals surface area contributed by atoms with Gasteiger partial charge in [0.2, 0.25) is 11.8 Å². The summed E-state index contributed by atoms with van der Waals surface area (Å²) in [4.78, 5) is 34.1. The molecule has 3 aromatic rings. The van der Waals surface area contributed by atoms with Crippen LogP contribution in [0.5, 0.6) is 0 Å². The Hall–Kier alpha value is -2.68. The van der Waals surface area contributed by atoms with Crippen LogP contribution >= 0.6 is 24.0 Å². The van der Waals surface area contributed by atoms with E-state index in [1.807, 2.05) is 45.3 Å². The van der Waals surface area contributed by atoms with Gasteiger partial charge in [-0.25, -0.2) is 9.50 Å². The fraction of sp³-hybridized carbons (Fsp3) is 0.462. The maximum absolute atomic E-state index is 12.8. The van der Waals surface area contributed by atoms with Crippen LogP contribution in [0.25, 0.3) is 16.8 Å². The van der Waals surface area contributed by atoms with E-state index in [-0.39, 0.29) is 48.0 Å². The first-order valence-corrected chi connectivity index (χ1v) is 12.6. The van der Waals surface area contributed by atoms with Gasteiger partial charge in [-0.3, -0.25) is 14.5 Å². The highest BCUT2D eigenvalue weighted by atomic mass is 35.5. The molecule has 1 aromatic carbocycles. The van der Waals surface area contributed by atoms with Crippen molar-refractivity contribution in [1.29, 1.82) is 0 Å². The molecule has 3 fully saturated rings. The van der Waals surface area contributed by atoms with E-state index in [1.54, 1.807) is 4.52 Å². The Morgan fingerprint density at radius 2 is 1.92 bits per heavy atom. The average molecular weight is 529 g/mol. The quantitative estimate of drug-likeness (QED) is 0.507. The van der Waals surface area contributed by atoms with Crippen molar-refractivity contribution < 1.29 is 9.59 Å². The van der Waals surface area contributed by atoms with Gasteiger partial charge in [0.05, 0.1) is 29.6 Å². The standard InChI is InChI=1S/C26H29ClN6O2.ClH/c1-26(2)21-22(26)25(35)32(24(21)34)11-15-9-20-23(29-14-30-33(20)12-15)18-10-16(27)6-7-19(18)31-8-4-5-17(13-31)28-3;/h6-7,9-10,12,14,17,21-22,28H,4-5,8,11,13H2,1-3H3;1H. The largest absolute Gasteiger partial charge is 0.369 e. The molecule has 1 N–H and O–H groups in total. The molecule has 2 saturated heterocycles. The van der Waals surface area contributed by atoms with Crippen LogP contribution in [0.15, 0.2) is 36.8 Å². The Balaban J connectivity index is 0.00000267. The number of amides is 2. The number of rotatable bonds is 5. The van der Waals surface area contributed by atoms with Gasteiger partial charge in [-0.1, -0.05) is 25.4 Å². The number of likely N-dealkylation sites (N-methyl/N-ethyl adjacent to an activating group) is 1. The number of carbonyl (C=O) groups excluding carboxylic acids is 2. The number of fused-ring (bicyclic) bond motifs is 2. The number of hydrogen-bond donors (Lipinski definition) is 1. The van der Waals surface area contributed by atoms with Crippen molar-refractivity contribution in [3.63, 3.8) is 0 Å². The van der Waals surface area contributed by atoms with Gasteiger partial charge in [0.15, 0.2) is 0 Å². The van der Waals surface area contributed by atoms with Crippen molar-refractivity contribution in [2.24, 2.45) is 17.3 Å². The topological polar surface area (TPSA) is 82.8 Å². The average Bonchev–Trinajstić information content (AvgIpc) is 3.10. The molecule has 3 unspecified atom stereocenters. The third kappa shape index (κ3) is 3.86. The molecule has 2 amide bonds. The molecule has 36 heavy (non-hydrogen) atoms. The minimum absolute atomic E-state index is 0. The monoisotopic (exact) mass is 528 g/mol. The SMILES string of the molecule is CNC1CCCN(c2ccc(Cl)cc2-c2ncnn3cc(CN4C(=O)C5C(C4=O)C5(C)C)cc23)C1.Cl. The lowest BCUT2D eigenvalue weighted by Gasteiger charge is -2.35. The van der Waals surface area contributed by atoms with Crippen LogP contribution in [-0.4, -0.2) is 57.5 Å². The van der Waals surface area contributed by atoms with E-state index < -0.39 is 0 Å². The van der Waals surface area contributed by atoms with Gasteiger partial charge in [-0.05, 0) is 55.1 Å². The Kier molecular flexibility index (Phi) is 6.25. The van der Waals surface area contributed by atoms with Crippen molar-refractivity contribution >= 4 is 47.0 Å². The molecule has 0 spiro atoms. The number of nitrogens with zero attached hydrogens (tertiary/aromatic N) is 5. The normalized spacial score (nSPS) is 24.7. The molecule has 3 atom stereocenters. The van der Waals surface area contributed by atoms with Crippen LogP contribution in [0.2, 0.25) is 5.02 Å². The second-order valence-corrected chi connectivity index (χ2v) is 11.0. The molecule has 0 radical (unpaired) electrons. The van der Waals surface area contributed by atoms with Gasteiger partial charge in [0, 0.05) is 41.6 Å². The summed E-state index contributed by atoms with van der Waals surface area (Å²) in [5.74, 6) is -0.481. The van der Waals surface area contributed by atoms with Gasteiger partial charge in [0.1, 0.15) is 6.33 Å². The molecular weight excluding hydrogens is 499 g/mol. The molecule has 3 aliphatic rings. The Bertz CT molecular complexity index is 1330. The Labute approximate surface area is 221 Å². The lowest BCUT2D eigenvalue weighted by molar-refractivity contribution is -0.143. The fourth-order valence-corrected chi connectivity index (χ4v) is 6.20. The number of aromatic nitrogens is 3. The number of nitrogens with one attached hydrogen (secondary N) is 1. The zero-order chi connectivity index (χ0) is 24.5. The summed E-state index contributed by atoms with van der Waals surface area (Å²) in [6.07, 6.45) is 5.67. The molecule has 6 rings (SSSR count). The molecule has 190 valence electrons. The lowest BCUT2D eigenvalue weighted by atomic mass is 10.0. The minimum atomic E-state index is -0.210. The molecule has 4 heterocycles. The number of likely N-dealkylation sites (tertiary alicyclic amines) is 1. The first-order chi connectivity index (χ1) is 16.8. The first kappa shape index (κ1) is 25.0. The van der Waals surface area contributed by atoms with Gasteiger partial charge in [0.25, 0.3) is 0 Å². The summed E-state index contributed by atoms with van der Waals surface area (Å²) in [6, 6.07) is 8.35. The van der Waals surface area contributed by atoms with E-state index in [0.717, 1.165) is 54.0 Å². The van der Waals surface area contributed by atoms with Crippen LogP contribution in [0.4, 0.5) is 5.69 Å². The van der Waals surface area contributed by atoms with Gasteiger partial charge < -0.3 is 10.2 Å². The molecule has 1 saturated carbocycles.